The van der Waals surface area contributed by atoms with E-state index in [2.05, 4.69) is 13.8 Å². The predicted octanol–water partition coefficient (Wildman–Crippen LogP) is 4.72. The van der Waals surface area contributed by atoms with Gasteiger partial charge in [0.05, 0.1) is 40.3 Å². The number of quaternary nitrogens is 1. The van der Waals surface area contributed by atoms with Crippen LogP contribution in [0.4, 0.5) is 0 Å². The Morgan fingerprint density at radius 1 is 1.00 bits per heavy atom. The van der Waals surface area contributed by atoms with Gasteiger partial charge in [-0.3, -0.25) is 4.79 Å². The first-order valence-electron chi connectivity index (χ1n) is 11.1. The number of rotatable bonds is 20. The molecule has 29 heavy (non-hydrogen) atoms. The number of carboxylic acid groups (broad SMARTS) is 1. The first-order chi connectivity index (χ1) is 13.6. The first-order valence-corrected chi connectivity index (χ1v) is 12.2. The summed E-state index contributed by atoms with van der Waals surface area (Å²) in [7, 11) is 3.82. The molecule has 0 heterocycles. The van der Waals surface area contributed by atoms with Crippen LogP contribution in [-0.2, 0) is 18.6 Å². The molecule has 8 heteroatoms. The molecule has 0 aliphatic rings. The summed E-state index contributed by atoms with van der Waals surface area (Å²) >= 11 is 0. The third-order valence-electron chi connectivity index (χ3n) is 4.50. The molecule has 3 atom stereocenters. The Morgan fingerprint density at radius 3 is 2.21 bits per heavy atom. The van der Waals surface area contributed by atoms with Crippen LogP contribution >= 0.6 is 8.60 Å². The van der Waals surface area contributed by atoms with Gasteiger partial charge in [-0.1, -0.05) is 45.4 Å². The maximum absolute atomic E-state index is 11.0. The van der Waals surface area contributed by atoms with Crippen LogP contribution in [0.2, 0.25) is 0 Å². The Bertz CT molecular complexity index is 405. The van der Waals surface area contributed by atoms with Crippen LogP contribution in [0.3, 0.4) is 0 Å². The number of ether oxygens (including phenoxy) is 1. The Kier molecular flexibility index (Phi) is 17.2. The third-order valence-corrected chi connectivity index (χ3v) is 5.38. The number of carbonyl (C=O) groups is 1. The fourth-order valence-corrected chi connectivity index (χ4v) is 3.77. The van der Waals surface area contributed by atoms with Crippen molar-refractivity contribution in [1.29, 1.82) is 0 Å². The highest BCUT2D eigenvalue weighted by molar-refractivity contribution is 7.40. The summed E-state index contributed by atoms with van der Waals surface area (Å²) < 4.78 is 17.2. The molecule has 0 aliphatic carbocycles. The molecule has 0 rings (SSSR count). The van der Waals surface area contributed by atoms with E-state index in [1.54, 1.807) is 0 Å². The number of hydrogen-bond donors (Lipinski definition) is 2. The summed E-state index contributed by atoms with van der Waals surface area (Å²) in [5.74, 6) is -0.940. The second-order valence-corrected chi connectivity index (χ2v) is 9.76. The normalized spacial score (nSPS) is 15.2. The lowest BCUT2D eigenvalue weighted by Gasteiger charge is -2.29. The van der Waals surface area contributed by atoms with Gasteiger partial charge in [0.2, 0.25) is 0 Å². The summed E-state index contributed by atoms with van der Waals surface area (Å²) in [6.45, 7) is 6.09. The number of likely N-dealkylation sites (N-methyl/N-ethyl adjacent to an activating group) is 1. The first kappa shape index (κ1) is 28.7. The van der Waals surface area contributed by atoms with Crippen molar-refractivity contribution < 1.29 is 33.1 Å². The van der Waals surface area contributed by atoms with Crippen LogP contribution in [0.15, 0.2) is 0 Å². The van der Waals surface area contributed by atoms with Crippen molar-refractivity contribution in [3.05, 3.63) is 0 Å². The van der Waals surface area contributed by atoms with Gasteiger partial charge in [0, 0.05) is 6.61 Å². The maximum atomic E-state index is 11.0. The Morgan fingerprint density at radius 2 is 1.62 bits per heavy atom. The molecule has 0 saturated heterocycles. The molecule has 0 amide bonds. The zero-order valence-electron chi connectivity index (χ0n) is 19.3. The zero-order valence-corrected chi connectivity index (χ0v) is 20.2. The molecule has 0 aromatic carbocycles. The molecule has 3 unspecified atom stereocenters. The topological polar surface area (TPSA) is 85.2 Å². The van der Waals surface area contributed by atoms with E-state index in [4.69, 9.17) is 18.9 Å². The molecule has 0 spiro atoms. The van der Waals surface area contributed by atoms with Gasteiger partial charge in [-0.15, -0.1) is 0 Å². The van der Waals surface area contributed by atoms with E-state index in [1.807, 2.05) is 21.1 Å². The summed E-state index contributed by atoms with van der Waals surface area (Å²) in [5, 5.41) is 9.00. The minimum atomic E-state index is -2.05. The lowest BCUT2D eigenvalue weighted by Crippen LogP contribution is -2.42. The second kappa shape index (κ2) is 17.4. The molecule has 0 bridgehead atoms. The van der Waals surface area contributed by atoms with E-state index in [1.165, 1.54) is 25.7 Å². The highest BCUT2D eigenvalue weighted by Crippen LogP contribution is 2.36. The van der Waals surface area contributed by atoms with Gasteiger partial charge in [0.15, 0.2) is 0 Å². The SMILES string of the molecule is CCCCCCC(C)OCCCCCCOP(O)OC(CC(=O)O)C[N+](C)(C)C. The zero-order chi connectivity index (χ0) is 22.1. The van der Waals surface area contributed by atoms with Crippen LogP contribution in [0.25, 0.3) is 0 Å². The molecule has 174 valence electrons. The van der Waals surface area contributed by atoms with Crippen molar-refractivity contribution in [1.82, 2.24) is 0 Å². The van der Waals surface area contributed by atoms with Crippen LogP contribution in [0, 0.1) is 0 Å². The maximum Gasteiger partial charge on any atom is 0.330 e. The molecule has 0 fully saturated rings. The fourth-order valence-electron chi connectivity index (χ4n) is 3.03. The summed E-state index contributed by atoms with van der Waals surface area (Å²) in [6, 6.07) is 0. The van der Waals surface area contributed by atoms with E-state index in [-0.39, 0.29) is 6.42 Å². The highest BCUT2D eigenvalue weighted by atomic mass is 31.2. The van der Waals surface area contributed by atoms with E-state index in [0.29, 0.717) is 23.7 Å². The average molecular weight is 439 g/mol. The Balaban J connectivity index is 3.71. The number of carboxylic acids is 1. The fraction of sp³-hybridized carbons (Fsp3) is 0.952. The smallest absolute Gasteiger partial charge is 0.330 e. The summed E-state index contributed by atoms with van der Waals surface area (Å²) in [5.41, 5.74) is 0. The van der Waals surface area contributed by atoms with E-state index in [0.717, 1.165) is 38.7 Å². The largest absolute Gasteiger partial charge is 0.481 e. The van der Waals surface area contributed by atoms with Crippen molar-refractivity contribution in [2.45, 2.75) is 90.3 Å². The second-order valence-electron chi connectivity index (χ2n) is 8.81. The summed E-state index contributed by atoms with van der Waals surface area (Å²) in [4.78, 5) is 20.9. The van der Waals surface area contributed by atoms with Crippen molar-refractivity contribution >= 4 is 14.6 Å². The molecule has 0 aromatic rings. The van der Waals surface area contributed by atoms with Crippen molar-refractivity contribution in [2.75, 3.05) is 40.9 Å². The number of aliphatic carboxylic acids is 1. The van der Waals surface area contributed by atoms with Crippen LogP contribution < -0.4 is 0 Å². The third kappa shape index (κ3) is 20.7. The Labute approximate surface area is 179 Å². The predicted molar refractivity (Wildman–Crippen MR) is 118 cm³/mol. The van der Waals surface area contributed by atoms with Gasteiger partial charge in [-0.2, -0.15) is 0 Å². The van der Waals surface area contributed by atoms with Crippen LogP contribution in [0.5, 0.6) is 0 Å². The quantitative estimate of drug-likeness (QED) is 0.162. The van der Waals surface area contributed by atoms with Gasteiger partial charge in [-0.25, -0.2) is 0 Å². The molecule has 2 N–H and O–H groups in total. The highest BCUT2D eigenvalue weighted by Gasteiger charge is 2.25. The van der Waals surface area contributed by atoms with Crippen molar-refractivity contribution in [3.8, 4) is 0 Å². The van der Waals surface area contributed by atoms with Crippen molar-refractivity contribution in [3.63, 3.8) is 0 Å². The molecule has 0 saturated carbocycles. The molecule has 0 aliphatic heterocycles. The van der Waals surface area contributed by atoms with Crippen LogP contribution in [0.1, 0.15) is 78.1 Å². The van der Waals surface area contributed by atoms with Gasteiger partial charge in [-0.05, 0) is 26.2 Å². The monoisotopic (exact) mass is 438 g/mol. The lowest BCUT2D eigenvalue weighted by molar-refractivity contribution is -0.873. The minimum absolute atomic E-state index is 0.144. The number of nitrogens with zero attached hydrogens (tertiary/aromatic N) is 1. The minimum Gasteiger partial charge on any atom is -0.481 e. The lowest BCUT2D eigenvalue weighted by atomic mass is 10.1. The molecule has 7 nitrogen and oxygen atoms in total. The van der Waals surface area contributed by atoms with E-state index >= 15 is 0 Å². The molecular weight excluding hydrogens is 393 g/mol. The summed E-state index contributed by atoms with van der Waals surface area (Å²) in [6.07, 6.45) is 9.86. The van der Waals surface area contributed by atoms with E-state index < -0.39 is 20.7 Å². The van der Waals surface area contributed by atoms with Gasteiger partial charge >= 0.3 is 14.6 Å². The number of unbranched alkanes of at least 4 members (excludes halogenated alkanes) is 6. The molecule has 0 radical (unpaired) electrons. The molecular formula is C21H45NO6P+. The van der Waals surface area contributed by atoms with Gasteiger partial charge in [0.1, 0.15) is 12.6 Å². The van der Waals surface area contributed by atoms with Crippen LogP contribution in [-0.4, -0.2) is 73.6 Å². The molecule has 0 aromatic heterocycles. The number of hydrogen-bond acceptors (Lipinski definition) is 5. The standard InChI is InChI=1S/C21H44NO6P/c1-6-7-8-11-14-19(2)26-15-12-9-10-13-16-27-29(25)28-20(17-21(23)24)18-22(3,4)5/h19-20,25H,6-18H2,1-5H3/p+1. The Hall–Kier alpha value is -0.300. The average Bonchev–Trinajstić information content (AvgIpc) is 2.58. The van der Waals surface area contributed by atoms with Gasteiger partial charge < -0.3 is 28.3 Å². The van der Waals surface area contributed by atoms with Gasteiger partial charge in [0.25, 0.3) is 0 Å². The van der Waals surface area contributed by atoms with E-state index in [9.17, 15) is 9.69 Å². The van der Waals surface area contributed by atoms with Crippen molar-refractivity contribution in [2.24, 2.45) is 0 Å².